The monoisotopic (exact) mass is 232 g/mol. The summed E-state index contributed by atoms with van der Waals surface area (Å²) in [6.45, 7) is 2.28. The summed E-state index contributed by atoms with van der Waals surface area (Å²) >= 11 is 0. The molecule has 4 nitrogen and oxygen atoms in total. The van der Waals surface area contributed by atoms with Crippen LogP contribution >= 0.6 is 0 Å². The van der Waals surface area contributed by atoms with E-state index >= 15 is 0 Å². The van der Waals surface area contributed by atoms with E-state index in [1.165, 1.54) is 6.26 Å². The Morgan fingerprint density at radius 2 is 1.67 bits per heavy atom. The zero-order valence-corrected chi connectivity index (χ0v) is 10.5. The highest BCUT2D eigenvalue weighted by Gasteiger charge is 2.42. The molecule has 1 saturated heterocycles. The van der Waals surface area contributed by atoms with Crippen molar-refractivity contribution < 1.29 is 8.42 Å². The summed E-state index contributed by atoms with van der Waals surface area (Å²) in [5.74, 6) is 1.42. The van der Waals surface area contributed by atoms with E-state index in [4.69, 9.17) is 0 Å². The fraction of sp³-hybridized carbons (Fsp3) is 1.00. The van der Waals surface area contributed by atoms with E-state index in [1.54, 1.807) is 11.4 Å². The van der Waals surface area contributed by atoms with Crippen molar-refractivity contribution in [1.82, 2.24) is 9.21 Å². The summed E-state index contributed by atoms with van der Waals surface area (Å²) in [6, 6.07) is 0.240. The highest BCUT2D eigenvalue weighted by Crippen LogP contribution is 2.39. The maximum Gasteiger partial charge on any atom is 0.211 e. The quantitative estimate of drug-likeness (QED) is 0.684. The molecule has 15 heavy (non-hydrogen) atoms. The number of hydrogen-bond donors (Lipinski definition) is 0. The fourth-order valence-corrected chi connectivity index (χ4v) is 3.78. The van der Waals surface area contributed by atoms with Crippen LogP contribution in [0.15, 0.2) is 0 Å². The first-order valence-electron chi connectivity index (χ1n) is 5.49. The Morgan fingerprint density at radius 1 is 1.20 bits per heavy atom. The smallest absolute Gasteiger partial charge is 0.211 e. The van der Waals surface area contributed by atoms with Crippen LogP contribution in [-0.4, -0.2) is 57.1 Å². The third kappa shape index (κ3) is 2.19. The lowest BCUT2D eigenvalue weighted by Gasteiger charge is -2.23. The van der Waals surface area contributed by atoms with Crippen molar-refractivity contribution in [3.63, 3.8) is 0 Å². The van der Waals surface area contributed by atoms with Crippen LogP contribution in [-0.2, 0) is 10.0 Å². The average molecular weight is 232 g/mol. The molecule has 2 atom stereocenters. The number of likely N-dealkylation sites (tertiary alicyclic amines) is 1. The summed E-state index contributed by atoms with van der Waals surface area (Å²) in [6.07, 6.45) is 3.38. The maximum atomic E-state index is 11.4. The molecule has 2 aliphatic rings. The van der Waals surface area contributed by atoms with Crippen LogP contribution in [0.3, 0.4) is 0 Å². The molecule has 0 bridgehead atoms. The maximum absolute atomic E-state index is 11.4. The number of fused-ring (bicyclic) bond motifs is 1. The summed E-state index contributed by atoms with van der Waals surface area (Å²) in [5.41, 5.74) is 0. The van der Waals surface area contributed by atoms with Gasteiger partial charge in [-0.15, -0.1) is 0 Å². The van der Waals surface area contributed by atoms with Crippen LogP contribution in [0.2, 0.25) is 0 Å². The molecular weight excluding hydrogens is 212 g/mol. The van der Waals surface area contributed by atoms with Crippen molar-refractivity contribution in [3.05, 3.63) is 0 Å². The molecule has 0 spiro atoms. The van der Waals surface area contributed by atoms with Gasteiger partial charge in [-0.05, 0) is 31.7 Å². The van der Waals surface area contributed by atoms with Crippen LogP contribution in [0.4, 0.5) is 0 Å². The van der Waals surface area contributed by atoms with Crippen LogP contribution < -0.4 is 0 Å². The second-order valence-corrected chi connectivity index (χ2v) is 7.19. The molecule has 0 aromatic rings. The third-order valence-electron chi connectivity index (χ3n) is 3.95. The van der Waals surface area contributed by atoms with Gasteiger partial charge in [-0.1, -0.05) is 0 Å². The molecule has 2 unspecified atom stereocenters. The first kappa shape index (κ1) is 11.4. The lowest BCUT2D eigenvalue weighted by Crippen LogP contribution is -2.35. The molecule has 2 fully saturated rings. The van der Waals surface area contributed by atoms with Gasteiger partial charge in [-0.3, -0.25) is 0 Å². The van der Waals surface area contributed by atoms with E-state index < -0.39 is 10.0 Å². The largest absolute Gasteiger partial charge is 0.306 e. The Labute approximate surface area is 92.3 Å². The normalized spacial score (nSPS) is 37.5. The first-order chi connectivity index (χ1) is 6.88. The van der Waals surface area contributed by atoms with Crippen molar-refractivity contribution in [2.45, 2.75) is 18.9 Å². The van der Waals surface area contributed by atoms with Gasteiger partial charge in [0.25, 0.3) is 0 Å². The van der Waals surface area contributed by atoms with Crippen molar-refractivity contribution in [1.29, 1.82) is 0 Å². The zero-order chi connectivity index (χ0) is 11.2. The second kappa shape index (κ2) is 3.71. The Kier molecular flexibility index (Phi) is 2.81. The molecule has 0 amide bonds. The molecule has 2 rings (SSSR count). The average Bonchev–Trinajstić information content (AvgIpc) is 2.57. The van der Waals surface area contributed by atoms with Crippen LogP contribution in [0.25, 0.3) is 0 Å². The minimum atomic E-state index is -3.01. The summed E-state index contributed by atoms with van der Waals surface area (Å²) in [5, 5.41) is 0. The molecule has 0 aromatic carbocycles. The number of hydrogen-bond acceptors (Lipinski definition) is 3. The van der Waals surface area contributed by atoms with Crippen molar-refractivity contribution >= 4 is 10.0 Å². The second-order valence-electron chi connectivity index (χ2n) is 5.15. The molecule has 0 N–H and O–H groups in total. The molecule has 88 valence electrons. The Balaban J connectivity index is 2.01. The Bertz CT molecular complexity index is 327. The lowest BCUT2D eigenvalue weighted by molar-refractivity contribution is 0.316. The molecule has 1 aliphatic heterocycles. The highest BCUT2D eigenvalue weighted by atomic mass is 32.2. The van der Waals surface area contributed by atoms with Gasteiger partial charge >= 0.3 is 0 Å². The SMILES string of the molecule is CN1CC2CC(N(C)S(C)(=O)=O)CC2C1. The van der Waals surface area contributed by atoms with Crippen LogP contribution in [0, 0.1) is 11.8 Å². The van der Waals surface area contributed by atoms with Gasteiger partial charge in [0.05, 0.1) is 6.26 Å². The van der Waals surface area contributed by atoms with Gasteiger partial charge in [0.1, 0.15) is 0 Å². The molecule has 1 saturated carbocycles. The molecule has 0 aromatic heterocycles. The van der Waals surface area contributed by atoms with E-state index in [0.717, 1.165) is 25.9 Å². The number of nitrogens with zero attached hydrogens (tertiary/aromatic N) is 2. The molecule has 1 aliphatic carbocycles. The number of rotatable bonds is 2. The van der Waals surface area contributed by atoms with Gasteiger partial charge in [0, 0.05) is 26.2 Å². The van der Waals surface area contributed by atoms with Crippen LogP contribution in [0.5, 0.6) is 0 Å². The van der Waals surface area contributed by atoms with Crippen molar-refractivity contribution in [3.8, 4) is 0 Å². The zero-order valence-electron chi connectivity index (χ0n) is 9.68. The van der Waals surface area contributed by atoms with E-state index in [2.05, 4.69) is 11.9 Å². The van der Waals surface area contributed by atoms with E-state index in [1.807, 2.05) is 0 Å². The third-order valence-corrected chi connectivity index (χ3v) is 5.29. The summed E-state index contributed by atoms with van der Waals surface area (Å²) in [4.78, 5) is 2.35. The van der Waals surface area contributed by atoms with Gasteiger partial charge in [0.2, 0.25) is 10.0 Å². The molecule has 0 radical (unpaired) electrons. The minimum absolute atomic E-state index is 0.240. The Morgan fingerprint density at radius 3 is 2.07 bits per heavy atom. The lowest BCUT2D eigenvalue weighted by atomic mass is 10.0. The minimum Gasteiger partial charge on any atom is -0.306 e. The molecule has 5 heteroatoms. The summed E-state index contributed by atoms with van der Waals surface area (Å²) < 4.78 is 24.4. The summed E-state index contributed by atoms with van der Waals surface area (Å²) in [7, 11) is 0.848. The standard InChI is InChI=1S/C10H20N2O2S/c1-11-6-8-4-10(5-9(8)7-11)12(2)15(3,13)14/h8-10H,4-7H2,1-3H3. The molecule has 1 heterocycles. The number of sulfonamides is 1. The van der Waals surface area contributed by atoms with Crippen LogP contribution in [0.1, 0.15) is 12.8 Å². The van der Waals surface area contributed by atoms with E-state index in [9.17, 15) is 8.42 Å². The Hall–Kier alpha value is -0.130. The van der Waals surface area contributed by atoms with Gasteiger partial charge in [-0.2, -0.15) is 0 Å². The predicted molar refractivity (Wildman–Crippen MR) is 60.1 cm³/mol. The highest BCUT2D eigenvalue weighted by molar-refractivity contribution is 7.88. The first-order valence-corrected chi connectivity index (χ1v) is 7.34. The van der Waals surface area contributed by atoms with Gasteiger partial charge in [-0.25, -0.2) is 12.7 Å². The van der Waals surface area contributed by atoms with E-state index in [0.29, 0.717) is 11.8 Å². The fourth-order valence-electron chi connectivity index (χ4n) is 3.07. The predicted octanol–water partition coefficient (Wildman–Crippen LogP) is 0.218. The van der Waals surface area contributed by atoms with Crippen molar-refractivity contribution in [2.24, 2.45) is 11.8 Å². The van der Waals surface area contributed by atoms with Gasteiger partial charge in [0.15, 0.2) is 0 Å². The van der Waals surface area contributed by atoms with Gasteiger partial charge < -0.3 is 4.90 Å². The van der Waals surface area contributed by atoms with Crippen molar-refractivity contribution in [2.75, 3.05) is 33.4 Å². The molecular formula is C10H20N2O2S. The van der Waals surface area contributed by atoms with E-state index in [-0.39, 0.29) is 6.04 Å². The topological polar surface area (TPSA) is 40.6 Å².